The topological polar surface area (TPSA) is 82.9 Å². The van der Waals surface area contributed by atoms with Crippen molar-refractivity contribution >= 4 is 17.7 Å². The lowest BCUT2D eigenvalue weighted by Crippen LogP contribution is -2.40. The van der Waals surface area contributed by atoms with Crippen LogP contribution in [0.25, 0.3) is 0 Å². The summed E-state index contributed by atoms with van der Waals surface area (Å²) in [5.74, 6) is -0.538. The van der Waals surface area contributed by atoms with E-state index in [1.807, 2.05) is 14.1 Å². The smallest absolute Gasteiger partial charge is 0.261 e. The molecule has 0 saturated carbocycles. The minimum absolute atomic E-state index is 0.0690. The monoisotopic (exact) mass is 383 g/mol. The molecule has 1 N–H and O–H groups in total. The van der Waals surface area contributed by atoms with Crippen molar-refractivity contribution in [2.45, 2.75) is 20.4 Å². The van der Waals surface area contributed by atoms with Crippen LogP contribution in [0, 0.1) is 5.41 Å². The molecule has 1 aliphatic rings. The maximum absolute atomic E-state index is 12.7. The Morgan fingerprint density at radius 2 is 1.86 bits per heavy atom. The third-order valence-corrected chi connectivity index (χ3v) is 4.60. The van der Waals surface area contributed by atoms with E-state index in [1.54, 1.807) is 18.2 Å². The van der Waals surface area contributed by atoms with Gasteiger partial charge in [0.1, 0.15) is 5.76 Å². The van der Waals surface area contributed by atoms with Crippen molar-refractivity contribution in [3.8, 4) is 0 Å². The van der Waals surface area contributed by atoms with Gasteiger partial charge >= 0.3 is 0 Å². The molecular formula is C21H25N3O4. The molecule has 2 heterocycles. The average Bonchev–Trinajstić information content (AvgIpc) is 3.22. The molecule has 0 unspecified atom stereocenters. The highest BCUT2D eigenvalue weighted by Gasteiger charge is 2.36. The summed E-state index contributed by atoms with van der Waals surface area (Å²) in [5.41, 5.74) is 0.819. The predicted octanol–water partition coefficient (Wildman–Crippen LogP) is 2.39. The molecule has 7 heteroatoms. The van der Waals surface area contributed by atoms with Crippen LogP contribution in [-0.2, 0) is 6.54 Å². The fraction of sp³-hybridized carbons (Fsp3) is 0.381. The van der Waals surface area contributed by atoms with Gasteiger partial charge < -0.3 is 14.6 Å². The van der Waals surface area contributed by atoms with Crippen LogP contribution in [0.5, 0.6) is 0 Å². The van der Waals surface area contributed by atoms with Crippen molar-refractivity contribution in [2.75, 3.05) is 27.2 Å². The first-order valence-corrected chi connectivity index (χ1v) is 9.13. The number of nitrogens with one attached hydrogen (secondary N) is 1. The van der Waals surface area contributed by atoms with Gasteiger partial charge in [0.05, 0.1) is 23.9 Å². The number of benzene rings is 1. The van der Waals surface area contributed by atoms with Crippen molar-refractivity contribution in [1.29, 1.82) is 0 Å². The SMILES string of the molecule is CN(C)CC(C)(C)CNC(=O)c1ccc2c(c1)C(=O)N(Cc1ccco1)C2=O. The molecule has 7 nitrogen and oxygen atoms in total. The lowest BCUT2D eigenvalue weighted by atomic mass is 9.93. The van der Waals surface area contributed by atoms with Gasteiger partial charge in [-0.25, -0.2) is 0 Å². The van der Waals surface area contributed by atoms with Gasteiger partial charge in [0.2, 0.25) is 0 Å². The summed E-state index contributed by atoms with van der Waals surface area (Å²) in [6.45, 7) is 5.54. The summed E-state index contributed by atoms with van der Waals surface area (Å²) in [6.07, 6.45) is 1.49. The Hall–Kier alpha value is -2.93. The second-order valence-electron chi connectivity index (χ2n) is 8.12. The van der Waals surface area contributed by atoms with Gasteiger partial charge in [-0.1, -0.05) is 13.8 Å². The van der Waals surface area contributed by atoms with E-state index in [1.165, 1.54) is 18.4 Å². The van der Waals surface area contributed by atoms with E-state index in [2.05, 4.69) is 24.1 Å². The lowest BCUT2D eigenvalue weighted by Gasteiger charge is -2.28. The summed E-state index contributed by atoms with van der Waals surface area (Å²) < 4.78 is 5.23. The molecule has 0 fully saturated rings. The molecule has 1 aromatic heterocycles. The molecule has 3 rings (SSSR count). The lowest BCUT2D eigenvalue weighted by molar-refractivity contribution is 0.0631. The van der Waals surface area contributed by atoms with E-state index >= 15 is 0 Å². The Morgan fingerprint density at radius 1 is 1.14 bits per heavy atom. The van der Waals surface area contributed by atoms with Crippen molar-refractivity contribution in [2.24, 2.45) is 5.41 Å². The summed E-state index contributed by atoms with van der Waals surface area (Å²) >= 11 is 0. The fourth-order valence-corrected chi connectivity index (χ4v) is 3.47. The minimum atomic E-state index is -0.418. The average molecular weight is 383 g/mol. The highest BCUT2D eigenvalue weighted by Crippen LogP contribution is 2.26. The minimum Gasteiger partial charge on any atom is -0.467 e. The van der Waals surface area contributed by atoms with Crippen LogP contribution in [0.3, 0.4) is 0 Å². The second kappa shape index (κ2) is 7.59. The Morgan fingerprint density at radius 3 is 2.50 bits per heavy atom. The molecule has 148 valence electrons. The standard InChI is InChI=1S/C21H25N3O4/c1-21(2,13-23(3)4)12-22-18(25)14-7-8-16-17(10-14)20(27)24(19(16)26)11-15-6-5-9-28-15/h5-10H,11-13H2,1-4H3,(H,22,25). The molecule has 0 atom stereocenters. The van der Waals surface area contributed by atoms with Crippen LogP contribution < -0.4 is 5.32 Å². The van der Waals surface area contributed by atoms with Gasteiger partial charge in [-0.15, -0.1) is 0 Å². The molecule has 1 aromatic carbocycles. The molecule has 0 saturated heterocycles. The molecule has 2 aromatic rings. The molecule has 0 spiro atoms. The maximum atomic E-state index is 12.7. The van der Waals surface area contributed by atoms with E-state index in [0.29, 0.717) is 23.4 Å². The Kier molecular flexibility index (Phi) is 5.38. The molecule has 0 aliphatic carbocycles. The van der Waals surface area contributed by atoms with Crippen LogP contribution in [-0.4, -0.2) is 54.7 Å². The largest absolute Gasteiger partial charge is 0.467 e. The number of rotatable bonds is 7. The first kappa shape index (κ1) is 19.8. The van der Waals surface area contributed by atoms with Crippen LogP contribution in [0.4, 0.5) is 0 Å². The number of fused-ring (bicyclic) bond motifs is 1. The molecule has 0 radical (unpaired) electrons. The summed E-state index contributed by atoms with van der Waals surface area (Å²) in [4.78, 5) is 41.0. The van der Waals surface area contributed by atoms with Gasteiger partial charge in [-0.05, 0) is 49.8 Å². The van der Waals surface area contributed by atoms with Crippen molar-refractivity contribution in [1.82, 2.24) is 15.1 Å². The highest BCUT2D eigenvalue weighted by atomic mass is 16.3. The number of carbonyl (C=O) groups excluding carboxylic acids is 3. The predicted molar refractivity (Wildman–Crippen MR) is 104 cm³/mol. The normalized spacial score (nSPS) is 14.0. The van der Waals surface area contributed by atoms with Gasteiger partial charge in [0, 0.05) is 18.7 Å². The zero-order chi connectivity index (χ0) is 20.5. The number of amides is 3. The number of hydrogen-bond acceptors (Lipinski definition) is 5. The van der Waals surface area contributed by atoms with Crippen LogP contribution >= 0.6 is 0 Å². The molecule has 1 aliphatic heterocycles. The van der Waals surface area contributed by atoms with Gasteiger partial charge in [-0.3, -0.25) is 19.3 Å². The first-order valence-electron chi connectivity index (χ1n) is 9.13. The van der Waals surface area contributed by atoms with Crippen molar-refractivity contribution in [3.05, 3.63) is 59.0 Å². The summed E-state index contributed by atoms with van der Waals surface area (Å²) in [6, 6.07) is 8.02. The van der Waals surface area contributed by atoms with E-state index in [4.69, 9.17) is 4.42 Å². The van der Waals surface area contributed by atoms with Gasteiger partial charge in [0.25, 0.3) is 17.7 Å². The van der Waals surface area contributed by atoms with Crippen molar-refractivity contribution < 1.29 is 18.8 Å². The quantitative estimate of drug-likeness (QED) is 0.743. The third kappa shape index (κ3) is 4.14. The summed E-state index contributed by atoms with van der Waals surface area (Å²) in [5, 5.41) is 2.92. The summed E-state index contributed by atoms with van der Waals surface area (Å²) in [7, 11) is 3.97. The number of imide groups is 1. The van der Waals surface area contributed by atoms with Gasteiger partial charge in [0.15, 0.2) is 0 Å². The van der Waals surface area contributed by atoms with Crippen LogP contribution in [0.2, 0.25) is 0 Å². The molecule has 3 amide bonds. The maximum Gasteiger partial charge on any atom is 0.261 e. The Balaban J connectivity index is 1.72. The molecule has 28 heavy (non-hydrogen) atoms. The molecule has 0 bridgehead atoms. The molecular weight excluding hydrogens is 358 g/mol. The third-order valence-electron chi connectivity index (χ3n) is 4.60. The van der Waals surface area contributed by atoms with Gasteiger partial charge in [-0.2, -0.15) is 0 Å². The zero-order valence-electron chi connectivity index (χ0n) is 16.6. The number of furan rings is 1. The van der Waals surface area contributed by atoms with E-state index in [-0.39, 0.29) is 29.3 Å². The highest BCUT2D eigenvalue weighted by molar-refractivity contribution is 6.22. The first-order chi connectivity index (χ1) is 13.2. The van der Waals surface area contributed by atoms with Crippen molar-refractivity contribution in [3.63, 3.8) is 0 Å². The number of hydrogen-bond donors (Lipinski definition) is 1. The second-order valence-corrected chi connectivity index (χ2v) is 8.12. The number of nitrogens with zero attached hydrogens (tertiary/aromatic N) is 2. The van der Waals surface area contributed by atoms with Crippen LogP contribution in [0.1, 0.15) is 50.7 Å². The fourth-order valence-electron chi connectivity index (χ4n) is 3.47. The zero-order valence-corrected chi connectivity index (χ0v) is 16.6. The van der Waals surface area contributed by atoms with E-state index in [9.17, 15) is 14.4 Å². The van der Waals surface area contributed by atoms with E-state index < -0.39 is 5.91 Å². The Bertz CT molecular complexity index is 900. The Labute approximate surface area is 164 Å². The number of carbonyl (C=O) groups is 3. The van der Waals surface area contributed by atoms with Crippen LogP contribution in [0.15, 0.2) is 41.0 Å². The van der Waals surface area contributed by atoms with E-state index in [0.717, 1.165) is 11.4 Å².